The summed E-state index contributed by atoms with van der Waals surface area (Å²) in [7, 11) is 3.17. The molecule has 3 aromatic heterocycles. The van der Waals surface area contributed by atoms with Gasteiger partial charge in [-0.2, -0.15) is 5.10 Å². The van der Waals surface area contributed by atoms with E-state index in [-0.39, 0.29) is 28.2 Å². The number of carbonyl (C=O) groups is 3. The summed E-state index contributed by atoms with van der Waals surface area (Å²) in [5.41, 5.74) is 1.50. The van der Waals surface area contributed by atoms with Crippen LogP contribution in [0.1, 0.15) is 38.1 Å². The lowest BCUT2D eigenvalue weighted by atomic mass is 10.0. The van der Waals surface area contributed by atoms with Gasteiger partial charge >= 0.3 is 0 Å². The van der Waals surface area contributed by atoms with Crippen molar-refractivity contribution in [2.75, 3.05) is 12.4 Å². The minimum absolute atomic E-state index is 0.130. The Morgan fingerprint density at radius 1 is 1.22 bits per heavy atom. The van der Waals surface area contributed by atoms with E-state index in [0.717, 1.165) is 0 Å². The molecule has 0 unspecified atom stereocenters. The lowest BCUT2D eigenvalue weighted by Crippen LogP contribution is -2.13. The van der Waals surface area contributed by atoms with Gasteiger partial charge in [-0.15, -0.1) is 0 Å². The van der Waals surface area contributed by atoms with E-state index >= 15 is 4.39 Å². The van der Waals surface area contributed by atoms with Crippen LogP contribution >= 0.6 is 0 Å². The summed E-state index contributed by atoms with van der Waals surface area (Å²) in [6, 6.07) is 7.36. The van der Waals surface area contributed by atoms with Crippen molar-refractivity contribution in [1.29, 1.82) is 0 Å². The molecule has 1 N–H and O–H groups in total. The fourth-order valence-electron chi connectivity index (χ4n) is 3.52. The zero-order valence-electron chi connectivity index (χ0n) is 17.5. The molecule has 0 fully saturated rings. The molecule has 0 bridgehead atoms. The molecule has 0 spiro atoms. The van der Waals surface area contributed by atoms with E-state index in [1.165, 1.54) is 43.1 Å². The number of amides is 1. The number of nitrogens with one attached hydrogen (secondary N) is 1. The summed E-state index contributed by atoms with van der Waals surface area (Å²) in [5, 5.41) is 6.56. The Morgan fingerprint density at radius 3 is 2.62 bits per heavy atom. The number of halogens is 1. The van der Waals surface area contributed by atoms with E-state index in [4.69, 9.17) is 4.74 Å². The van der Waals surface area contributed by atoms with Crippen molar-refractivity contribution in [3.8, 4) is 16.9 Å². The number of nitrogens with zero attached hydrogens (tertiary/aromatic N) is 3. The van der Waals surface area contributed by atoms with E-state index < -0.39 is 11.7 Å². The highest BCUT2D eigenvalue weighted by Crippen LogP contribution is 2.30. The van der Waals surface area contributed by atoms with Crippen LogP contribution in [0.2, 0.25) is 0 Å². The van der Waals surface area contributed by atoms with Gasteiger partial charge in [0, 0.05) is 49.1 Å². The third kappa shape index (κ3) is 3.64. The molecule has 8 nitrogen and oxygen atoms in total. The number of hydrogen-bond donors (Lipinski definition) is 1. The Kier molecular flexibility index (Phi) is 5.31. The quantitative estimate of drug-likeness (QED) is 0.368. The number of aromatic nitrogens is 3. The third-order valence-electron chi connectivity index (χ3n) is 5.08. The first kappa shape index (κ1) is 21.0. The molecule has 0 saturated heterocycles. The molecule has 32 heavy (non-hydrogen) atoms. The van der Waals surface area contributed by atoms with Crippen LogP contribution in [0.25, 0.3) is 16.6 Å². The number of methoxy groups -OCH3 is 1. The molecule has 1 amide bonds. The topological polar surface area (TPSA) is 94.7 Å². The molecule has 9 heteroatoms. The molecular formula is C23H19FN4O4. The number of rotatable bonds is 6. The second-order valence-corrected chi connectivity index (χ2v) is 7.23. The molecule has 0 aliphatic carbocycles. The van der Waals surface area contributed by atoms with E-state index in [9.17, 15) is 14.4 Å². The zero-order chi connectivity index (χ0) is 23.0. The second-order valence-electron chi connectivity index (χ2n) is 7.23. The van der Waals surface area contributed by atoms with Crippen molar-refractivity contribution < 1.29 is 23.5 Å². The number of ether oxygens (including phenoxy) is 1. The van der Waals surface area contributed by atoms with Crippen molar-refractivity contribution in [1.82, 2.24) is 14.2 Å². The van der Waals surface area contributed by atoms with E-state index in [0.29, 0.717) is 28.8 Å². The second kappa shape index (κ2) is 8.10. The van der Waals surface area contributed by atoms with Crippen molar-refractivity contribution in [2.24, 2.45) is 7.05 Å². The number of aryl methyl sites for hydroxylation is 1. The van der Waals surface area contributed by atoms with Gasteiger partial charge in [-0.25, -0.2) is 4.39 Å². The zero-order valence-corrected chi connectivity index (χ0v) is 17.5. The number of hydrogen-bond acceptors (Lipinski definition) is 5. The summed E-state index contributed by atoms with van der Waals surface area (Å²) in [5.74, 6) is -1.09. The van der Waals surface area contributed by atoms with Gasteiger partial charge in [0.05, 0.1) is 35.8 Å². The predicted octanol–water partition coefficient (Wildman–Crippen LogP) is 3.75. The van der Waals surface area contributed by atoms with Crippen LogP contribution in [-0.2, 0) is 7.05 Å². The molecule has 162 valence electrons. The number of aldehydes is 1. The van der Waals surface area contributed by atoms with E-state index in [1.54, 1.807) is 36.0 Å². The number of ketones is 1. The number of pyridine rings is 1. The maximum Gasteiger partial charge on any atom is 0.257 e. The lowest BCUT2D eigenvalue weighted by Gasteiger charge is -2.11. The minimum Gasteiger partial charge on any atom is -0.497 e. The molecule has 1 aromatic carbocycles. The maximum atomic E-state index is 15.3. The van der Waals surface area contributed by atoms with Crippen LogP contribution in [0.15, 0.2) is 48.9 Å². The predicted molar refractivity (Wildman–Crippen MR) is 116 cm³/mol. The average Bonchev–Trinajstić information content (AvgIpc) is 3.38. The average molecular weight is 434 g/mol. The monoisotopic (exact) mass is 434 g/mol. The Bertz CT molecular complexity index is 1390. The van der Waals surface area contributed by atoms with Crippen molar-refractivity contribution in [2.45, 2.75) is 6.92 Å². The first-order valence-corrected chi connectivity index (χ1v) is 9.61. The van der Waals surface area contributed by atoms with Gasteiger partial charge < -0.3 is 14.5 Å². The normalized spacial score (nSPS) is 10.9. The Balaban J connectivity index is 1.80. The number of anilines is 1. The van der Waals surface area contributed by atoms with Crippen molar-refractivity contribution in [3.05, 3.63) is 71.6 Å². The smallest absolute Gasteiger partial charge is 0.257 e. The van der Waals surface area contributed by atoms with Gasteiger partial charge in [0.2, 0.25) is 0 Å². The van der Waals surface area contributed by atoms with Gasteiger partial charge in [0.25, 0.3) is 5.91 Å². The molecular weight excluding hydrogens is 415 g/mol. The number of carbonyl (C=O) groups excluding carboxylic acids is 3. The van der Waals surface area contributed by atoms with Crippen LogP contribution in [0.4, 0.5) is 10.1 Å². The Morgan fingerprint density at radius 2 is 2.00 bits per heavy atom. The fourth-order valence-corrected chi connectivity index (χ4v) is 3.52. The molecule has 0 aliphatic heterocycles. The summed E-state index contributed by atoms with van der Waals surface area (Å²) in [6.45, 7) is 1.39. The molecule has 0 atom stereocenters. The molecule has 0 saturated carbocycles. The van der Waals surface area contributed by atoms with Crippen LogP contribution in [0.5, 0.6) is 5.75 Å². The largest absolute Gasteiger partial charge is 0.497 e. The highest BCUT2D eigenvalue weighted by Gasteiger charge is 2.21. The molecule has 0 aliphatic rings. The third-order valence-corrected chi connectivity index (χ3v) is 5.08. The Hall–Kier alpha value is -4.27. The van der Waals surface area contributed by atoms with Crippen LogP contribution in [0.3, 0.4) is 0 Å². The summed E-state index contributed by atoms with van der Waals surface area (Å²) in [4.78, 5) is 36.6. The first-order valence-electron chi connectivity index (χ1n) is 9.61. The first-order chi connectivity index (χ1) is 15.3. The maximum absolute atomic E-state index is 15.3. The van der Waals surface area contributed by atoms with Crippen molar-refractivity contribution >= 4 is 29.2 Å². The Labute approximate surface area is 182 Å². The standard InChI is InChI=1S/C23H19FN4O4/c1-13(30)20-9-18(21-8-16(32-3)4-5-28(20)21)23(31)26-19-7-14(12-29)6-17(22(19)24)15-10-25-27(2)11-15/h4-12H,1-3H3,(H,26,31). The van der Waals surface area contributed by atoms with E-state index in [2.05, 4.69) is 10.4 Å². The number of Topliss-reactive ketones (excluding diaryl/α,β-unsaturated/α-hetero) is 1. The van der Waals surface area contributed by atoms with Crippen LogP contribution in [0, 0.1) is 5.82 Å². The van der Waals surface area contributed by atoms with Gasteiger partial charge in [0.15, 0.2) is 11.6 Å². The fraction of sp³-hybridized carbons (Fsp3) is 0.130. The number of fused-ring (bicyclic) bond motifs is 1. The summed E-state index contributed by atoms with van der Waals surface area (Å²) in [6.07, 6.45) is 5.26. The molecule has 0 radical (unpaired) electrons. The molecule has 3 heterocycles. The summed E-state index contributed by atoms with van der Waals surface area (Å²) >= 11 is 0. The van der Waals surface area contributed by atoms with Gasteiger partial charge in [-0.1, -0.05) is 0 Å². The molecule has 4 aromatic rings. The van der Waals surface area contributed by atoms with Crippen LogP contribution in [-0.4, -0.2) is 39.3 Å². The SMILES string of the molecule is COc1ccn2c(C(C)=O)cc(C(=O)Nc3cc(C=O)cc(-c4cnn(C)c4)c3F)c2c1. The molecule has 4 rings (SSSR count). The highest BCUT2D eigenvalue weighted by molar-refractivity contribution is 6.12. The van der Waals surface area contributed by atoms with Gasteiger partial charge in [-0.3, -0.25) is 19.1 Å². The number of benzene rings is 1. The van der Waals surface area contributed by atoms with E-state index in [1.807, 2.05) is 0 Å². The van der Waals surface area contributed by atoms with Crippen molar-refractivity contribution in [3.63, 3.8) is 0 Å². The van der Waals surface area contributed by atoms with Crippen LogP contribution < -0.4 is 10.1 Å². The van der Waals surface area contributed by atoms with Gasteiger partial charge in [0.1, 0.15) is 12.0 Å². The summed E-state index contributed by atoms with van der Waals surface area (Å²) < 4.78 is 23.6. The lowest BCUT2D eigenvalue weighted by molar-refractivity contribution is 0.101. The minimum atomic E-state index is -0.704. The van der Waals surface area contributed by atoms with Gasteiger partial charge in [-0.05, 0) is 24.3 Å². The highest BCUT2D eigenvalue weighted by atomic mass is 19.1.